The molecule has 3 aromatic heterocycles. The summed E-state index contributed by atoms with van der Waals surface area (Å²) in [6.07, 6.45) is 2.70. The minimum absolute atomic E-state index is 0.905. The van der Waals surface area contributed by atoms with E-state index in [1.165, 1.54) is 15.8 Å². The van der Waals surface area contributed by atoms with Crippen LogP contribution in [-0.2, 0) is 13.0 Å². The van der Waals surface area contributed by atoms with Gasteiger partial charge in [0, 0.05) is 18.0 Å². The highest BCUT2D eigenvalue weighted by molar-refractivity contribution is 7.19. The molecule has 5 nitrogen and oxygen atoms in total. The Hall–Kier alpha value is -1.53. The highest BCUT2D eigenvalue weighted by Crippen LogP contribution is 2.35. The molecule has 0 N–H and O–H groups in total. The molecule has 0 saturated carbocycles. The van der Waals surface area contributed by atoms with E-state index in [1.54, 1.807) is 17.7 Å². The number of fused-ring (bicyclic) bond motifs is 5. The quantitative estimate of drug-likeness (QED) is 0.615. The van der Waals surface area contributed by atoms with E-state index in [-0.39, 0.29) is 0 Å². The summed E-state index contributed by atoms with van der Waals surface area (Å²) in [7, 11) is 2.17. The summed E-state index contributed by atoms with van der Waals surface area (Å²) in [5, 5.41) is 5.46. The Labute approximate surface area is 108 Å². The number of hydrogen-bond acceptors (Lipinski definition) is 5. The van der Waals surface area contributed by atoms with Crippen molar-refractivity contribution in [2.45, 2.75) is 19.9 Å². The fourth-order valence-electron chi connectivity index (χ4n) is 2.67. The van der Waals surface area contributed by atoms with E-state index in [2.05, 4.69) is 27.0 Å². The molecule has 6 heteroatoms. The van der Waals surface area contributed by atoms with Crippen LogP contribution in [0.5, 0.6) is 0 Å². The molecule has 0 atom stereocenters. The molecular formula is C12H13N5S. The van der Waals surface area contributed by atoms with Crippen LogP contribution in [0.15, 0.2) is 6.33 Å². The van der Waals surface area contributed by atoms with Crippen molar-refractivity contribution >= 4 is 27.2 Å². The van der Waals surface area contributed by atoms with Crippen molar-refractivity contribution in [1.82, 2.24) is 24.5 Å². The van der Waals surface area contributed by atoms with Crippen LogP contribution < -0.4 is 0 Å². The molecule has 1 aliphatic rings. The lowest BCUT2D eigenvalue weighted by atomic mass is 10.1. The van der Waals surface area contributed by atoms with Gasteiger partial charge in [-0.2, -0.15) is 9.61 Å². The molecule has 0 bridgehead atoms. The lowest BCUT2D eigenvalue weighted by molar-refractivity contribution is 0.318. The smallest absolute Gasteiger partial charge is 0.167 e. The average Bonchev–Trinajstić information content (AvgIpc) is 2.91. The maximum Gasteiger partial charge on any atom is 0.167 e. The van der Waals surface area contributed by atoms with Crippen molar-refractivity contribution in [1.29, 1.82) is 0 Å². The Morgan fingerprint density at radius 2 is 2.28 bits per heavy atom. The lowest BCUT2D eigenvalue weighted by Gasteiger charge is -2.21. The van der Waals surface area contributed by atoms with Crippen LogP contribution in [0.3, 0.4) is 0 Å². The highest BCUT2D eigenvalue weighted by Gasteiger charge is 2.22. The van der Waals surface area contributed by atoms with E-state index in [4.69, 9.17) is 0 Å². The molecule has 0 radical (unpaired) electrons. The van der Waals surface area contributed by atoms with Gasteiger partial charge >= 0.3 is 0 Å². The molecule has 4 heterocycles. The molecule has 0 aromatic carbocycles. The Bertz CT molecular complexity index is 757. The van der Waals surface area contributed by atoms with Crippen LogP contribution in [0.4, 0.5) is 0 Å². The number of rotatable bonds is 0. The molecule has 0 spiro atoms. The lowest BCUT2D eigenvalue weighted by Crippen LogP contribution is -2.25. The third-order valence-corrected chi connectivity index (χ3v) is 4.68. The van der Waals surface area contributed by atoms with E-state index >= 15 is 0 Å². The van der Waals surface area contributed by atoms with Crippen LogP contribution in [0, 0.1) is 6.92 Å². The van der Waals surface area contributed by atoms with E-state index in [0.29, 0.717) is 0 Å². The van der Waals surface area contributed by atoms with E-state index in [9.17, 15) is 0 Å². The molecule has 0 amide bonds. The number of likely N-dealkylation sites (N-methyl/N-ethyl adjacent to an activating group) is 1. The highest BCUT2D eigenvalue weighted by atomic mass is 32.1. The molecule has 3 aromatic rings. The SMILES string of the molecule is Cc1nc2sc3c(c2c2ncnn12)CCN(C)C3. The number of nitrogens with zero attached hydrogens (tertiary/aromatic N) is 5. The maximum absolute atomic E-state index is 4.67. The van der Waals surface area contributed by atoms with Crippen molar-refractivity contribution in [3.8, 4) is 0 Å². The van der Waals surface area contributed by atoms with Crippen LogP contribution in [-0.4, -0.2) is 38.1 Å². The molecule has 1 aliphatic heterocycles. The second-order valence-electron chi connectivity index (χ2n) is 4.83. The normalized spacial score (nSPS) is 16.6. The van der Waals surface area contributed by atoms with Crippen molar-refractivity contribution in [2.24, 2.45) is 0 Å². The zero-order chi connectivity index (χ0) is 12.3. The second-order valence-corrected chi connectivity index (χ2v) is 5.91. The maximum atomic E-state index is 4.67. The first kappa shape index (κ1) is 10.4. The molecule has 0 saturated heterocycles. The fraction of sp³-hybridized carbons (Fsp3) is 0.417. The van der Waals surface area contributed by atoms with Crippen molar-refractivity contribution < 1.29 is 0 Å². The minimum Gasteiger partial charge on any atom is -0.301 e. The van der Waals surface area contributed by atoms with Crippen LogP contribution in [0.1, 0.15) is 16.3 Å². The Kier molecular flexibility index (Phi) is 2.02. The molecule has 0 fully saturated rings. The van der Waals surface area contributed by atoms with Gasteiger partial charge in [0.25, 0.3) is 0 Å². The molecule has 4 rings (SSSR count). The zero-order valence-corrected chi connectivity index (χ0v) is 11.2. The first-order valence-electron chi connectivity index (χ1n) is 6.03. The fourth-order valence-corrected chi connectivity index (χ4v) is 4.01. The first-order valence-corrected chi connectivity index (χ1v) is 6.85. The van der Waals surface area contributed by atoms with Crippen molar-refractivity contribution in [2.75, 3.05) is 13.6 Å². The zero-order valence-electron chi connectivity index (χ0n) is 10.3. The average molecular weight is 259 g/mol. The van der Waals surface area contributed by atoms with Gasteiger partial charge in [-0.3, -0.25) is 0 Å². The summed E-state index contributed by atoms with van der Waals surface area (Å²) in [5.74, 6) is 0.905. The number of thiophene rings is 1. The predicted molar refractivity (Wildman–Crippen MR) is 70.9 cm³/mol. The van der Waals surface area contributed by atoms with Gasteiger partial charge in [-0.1, -0.05) is 0 Å². The predicted octanol–water partition coefficient (Wildman–Crippen LogP) is 1.64. The molecule has 18 heavy (non-hydrogen) atoms. The largest absolute Gasteiger partial charge is 0.301 e. The number of aromatic nitrogens is 4. The summed E-state index contributed by atoms with van der Waals surface area (Å²) in [4.78, 5) is 14.0. The van der Waals surface area contributed by atoms with Gasteiger partial charge in [0.05, 0.1) is 5.39 Å². The Morgan fingerprint density at radius 3 is 3.17 bits per heavy atom. The van der Waals surface area contributed by atoms with Gasteiger partial charge in [-0.05, 0) is 26.0 Å². The van der Waals surface area contributed by atoms with Crippen LogP contribution in [0.25, 0.3) is 15.9 Å². The summed E-state index contributed by atoms with van der Waals surface area (Å²) in [5.41, 5.74) is 2.39. The summed E-state index contributed by atoms with van der Waals surface area (Å²) < 4.78 is 1.84. The Balaban J connectivity index is 2.14. The van der Waals surface area contributed by atoms with Gasteiger partial charge in [-0.15, -0.1) is 11.3 Å². The second kappa shape index (κ2) is 3.49. The van der Waals surface area contributed by atoms with Crippen molar-refractivity contribution in [3.63, 3.8) is 0 Å². The third-order valence-electron chi connectivity index (χ3n) is 3.57. The first-order chi connectivity index (χ1) is 8.74. The summed E-state index contributed by atoms with van der Waals surface area (Å²) >= 11 is 1.80. The van der Waals surface area contributed by atoms with E-state index < -0.39 is 0 Å². The standard InChI is InChI=1S/C12H13N5S/c1-7-15-12-10(11-13-6-14-17(7)11)8-3-4-16(2)5-9(8)18-12/h6H,3-5H2,1-2H3. The van der Waals surface area contributed by atoms with Gasteiger partial charge in [-0.25, -0.2) is 9.97 Å². The van der Waals surface area contributed by atoms with Crippen LogP contribution >= 0.6 is 11.3 Å². The molecular weight excluding hydrogens is 246 g/mol. The molecule has 0 aliphatic carbocycles. The van der Waals surface area contributed by atoms with Gasteiger partial charge in [0.2, 0.25) is 0 Å². The van der Waals surface area contributed by atoms with Crippen LogP contribution in [0.2, 0.25) is 0 Å². The number of hydrogen-bond donors (Lipinski definition) is 0. The number of aryl methyl sites for hydroxylation is 1. The van der Waals surface area contributed by atoms with Crippen molar-refractivity contribution in [3.05, 3.63) is 22.6 Å². The van der Waals surface area contributed by atoms with E-state index in [0.717, 1.165) is 35.8 Å². The molecule has 0 unspecified atom stereocenters. The van der Waals surface area contributed by atoms with E-state index in [1.807, 2.05) is 11.4 Å². The molecule has 92 valence electrons. The summed E-state index contributed by atoms with van der Waals surface area (Å²) in [6, 6.07) is 0. The van der Waals surface area contributed by atoms with Gasteiger partial charge < -0.3 is 4.90 Å². The van der Waals surface area contributed by atoms with Gasteiger partial charge in [0.1, 0.15) is 17.0 Å². The minimum atomic E-state index is 0.905. The van der Waals surface area contributed by atoms with Gasteiger partial charge in [0.15, 0.2) is 5.65 Å². The third kappa shape index (κ3) is 1.27. The topological polar surface area (TPSA) is 46.3 Å². The Morgan fingerprint density at radius 1 is 1.39 bits per heavy atom. The monoisotopic (exact) mass is 259 g/mol. The summed E-state index contributed by atoms with van der Waals surface area (Å²) in [6.45, 7) is 4.11.